The van der Waals surface area contributed by atoms with Crippen LogP contribution in [0.5, 0.6) is 0 Å². The molecular formula is C20H25N3. The SMILES string of the molecule is CC1CC(C)(C)N(C)c2ccc(/C=N/Nc3ccccc3)cc21. The monoisotopic (exact) mass is 307 g/mol. The topological polar surface area (TPSA) is 27.6 Å². The Morgan fingerprint density at radius 3 is 2.65 bits per heavy atom. The van der Waals surface area contributed by atoms with Crippen LogP contribution in [0.2, 0.25) is 0 Å². The maximum Gasteiger partial charge on any atom is 0.0561 e. The first-order valence-corrected chi connectivity index (χ1v) is 8.19. The molecule has 0 aliphatic carbocycles. The average molecular weight is 307 g/mol. The molecule has 0 saturated carbocycles. The predicted octanol–water partition coefficient (Wildman–Crippen LogP) is 4.85. The van der Waals surface area contributed by atoms with E-state index in [1.807, 2.05) is 36.5 Å². The van der Waals surface area contributed by atoms with Crippen LogP contribution in [0, 0.1) is 0 Å². The lowest BCUT2D eigenvalue weighted by Crippen LogP contribution is -2.45. The van der Waals surface area contributed by atoms with Gasteiger partial charge in [0.2, 0.25) is 0 Å². The molecule has 1 aliphatic heterocycles. The minimum atomic E-state index is 0.205. The van der Waals surface area contributed by atoms with Gasteiger partial charge < -0.3 is 4.90 Å². The molecule has 1 aliphatic rings. The van der Waals surface area contributed by atoms with E-state index < -0.39 is 0 Å². The van der Waals surface area contributed by atoms with Gasteiger partial charge in [0.15, 0.2) is 0 Å². The number of hydrazone groups is 1. The third-order valence-electron chi connectivity index (χ3n) is 4.84. The molecular weight excluding hydrogens is 282 g/mol. The Bertz CT molecular complexity index is 704. The summed E-state index contributed by atoms with van der Waals surface area (Å²) in [6.45, 7) is 6.94. The van der Waals surface area contributed by atoms with Crippen molar-refractivity contribution in [1.82, 2.24) is 0 Å². The fourth-order valence-corrected chi connectivity index (χ4v) is 3.37. The van der Waals surface area contributed by atoms with Gasteiger partial charge in [0.05, 0.1) is 11.9 Å². The highest BCUT2D eigenvalue weighted by Crippen LogP contribution is 2.42. The van der Waals surface area contributed by atoms with Crippen molar-refractivity contribution in [3.63, 3.8) is 0 Å². The van der Waals surface area contributed by atoms with Gasteiger partial charge in [-0.05, 0) is 61.6 Å². The van der Waals surface area contributed by atoms with Gasteiger partial charge >= 0.3 is 0 Å². The quantitative estimate of drug-likeness (QED) is 0.648. The summed E-state index contributed by atoms with van der Waals surface area (Å²) in [7, 11) is 2.19. The van der Waals surface area contributed by atoms with Crippen LogP contribution in [0.3, 0.4) is 0 Å². The highest BCUT2D eigenvalue weighted by atomic mass is 15.3. The van der Waals surface area contributed by atoms with Crippen LogP contribution in [0.15, 0.2) is 53.6 Å². The molecule has 0 bridgehead atoms. The lowest BCUT2D eigenvalue weighted by Gasteiger charge is -2.45. The van der Waals surface area contributed by atoms with Crippen molar-refractivity contribution in [2.45, 2.75) is 38.6 Å². The summed E-state index contributed by atoms with van der Waals surface area (Å²) in [5, 5.41) is 4.34. The second-order valence-electron chi connectivity index (χ2n) is 7.03. The summed E-state index contributed by atoms with van der Waals surface area (Å²) in [4.78, 5) is 2.39. The molecule has 3 rings (SSSR count). The molecule has 2 aromatic carbocycles. The molecule has 1 atom stereocenters. The third-order valence-corrected chi connectivity index (χ3v) is 4.84. The van der Waals surface area contributed by atoms with Crippen LogP contribution in [0.4, 0.5) is 11.4 Å². The largest absolute Gasteiger partial charge is 0.369 e. The highest BCUT2D eigenvalue weighted by molar-refractivity contribution is 5.82. The van der Waals surface area contributed by atoms with Gasteiger partial charge in [-0.2, -0.15) is 5.10 Å². The molecule has 0 saturated heterocycles. The van der Waals surface area contributed by atoms with E-state index in [-0.39, 0.29) is 5.54 Å². The maximum absolute atomic E-state index is 4.34. The summed E-state index contributed by atoms with van der Waals surface area (Å²) in [5.41, 5.74) is 8.15. The molecule has 23 heavy (non-hydrogen) atoms. The molecule has 0 aromatic heterocycles. The number of para-hydroxylation sites is 1. The molecule has 3 nitrogen and oxygen atoms in total. The summed E-state index contributed by atoms with van der Waals surface area (Å²) in [6.07, 6.45) is 3.05. The fourth-order valence-electron chi connectivity index (χ4n) is 3.37. The molecule has 0 spiro atoms. The van der Waals surface area contributed by atoms with Crippen molar-refractivity contribution in [3.05, 3.63) is 59.7 Å². The van der Waals surface area contributed by atoms with E-state index in [1.54, 1.807) is 0 Å². The Morgan fingerprint density at radius 1 is 1.17 bits per heavy atom. The summed E-state index contributed by atoms with van der Waals surface area (Å²) < 4.78 is 0. The number of hydrogen-bond donors (Lipinski definition) is 1. The average Bonchev–Trinajstić information content (AvgIpc) is 2.53. The molecule has 1 unspecified atom stereocenters. The van der Waals surface area contributed by atoms with E-state index in [1.165, 1.54) is 17.7 Å². The zero-order chi connectivity index (χ0) is 16.4. The molecule has 0 amide bonds. The van der Waals surface area contributed by atoms with Crippen LogP contribution < -0.4 is 10.3 Å². The number of benzene rings is 2. The Morgan fingerprint density at radius 2 is 1.91 bits per heavy atom. The molecule has 1 N–H and O–H groups in total. The van der Waals surface area contributed by atoms with Gasteiger partial charge in [0.1, 0.15) is 0 Å². The van der Waals surface area contributed by atoms with Crippen LogP contribution in [0.25, 0.3) is 0 Å². The van der Waals surface area contributed by atoms with Gasteiger partial charge in [0, 0.05) is 18.3 Å². The highest BCUT2D eigenvalue weighted by Gasteiger charge is 2.33. The van der Waals surface area contributed by atoms with E-state index in [0.717, 1.165) is 11.3 Å². The first-order valence-electron chi connectivity index (χ1n) is 8.19. The second-order valence-corrected chi connectivity index (χ2v) is 7.03. The van der Waals surface area contributed by atoms with E-state index in [0.29, 0.717) is 5.92 Å². The van der Waals surface area contributed by atoms with Gasteiger partial charge in [0.25, 0.3) is 0 Å². The van der Waals surface area contributed by atoms with E-state index >= 15 is 0 Å². The van der Waals surface area contributed by atoms with Crippen LogP contribution in [-0.4, -0.2) is 18.8 Å². The first-order chi connectivity index (χ1) is 11.0. The molecule has 0 fully saturated rings. The molecule has 1 heterocycles. The normalized spacial score (nSPS) is 19.7. The van der Waals surface area contributed by atoms with Crippen LogP contribution in [-0.2, 0) is 0 Å². The van der Waals surface area contributed by atoms with Crippen molar-refractivity contribution in [2.75, 3.05) is 17.4 Å². The Kier molecular flexibility index (Phi) is 4.12. The van der Waals surface area contributed by atoms with E-state index in [4.69, 9.17) is 0 Å². The zero-order valence-corrected chi connectivity index (χ0v) is 14.4. The number of rotatable bonds is 3. The summed E-state index contributed by atoms with van der Waals surface area (Å²) >= 11 is 0. The van der Waals surface area contributed by atoms with Crippen molar-refractivity contribution in [2.24, 2.45) is 5.10 Å². The first kappa shape index (κ1) is 15.6. The minimum absolute atomic E-state index is 0.205. The van der Waals surface area contributed by atoms with Crippen molar-refractivity contribution >= 4 is 17.6 Å². The number of nitrogens with one attached hydrogen (secondary N) is 1. The Labute approximate surface area is 139 Å². The number of anilines is 2. The summed E-state index contributed by atoms with van der Waals surface area (Å²) in [5.74, 6) is 0.562. The van der Waals surface area contributed by atoms with Crippen molar-refractivity contribution < 1.29 is 0 Å². The van der Waals surface area contributed by atoms with E-state index in [9.17, 15) is 0 Å². The standard InChI is InChI=1S/C20H25N3/c1-15-13-20(2,3)23(4)19-11-10-16(12-18(15)19)14-21-22-17-8-6-5-7-9-17/h5-12,14-15,22H,13H2,1-4H3/b21-14+. The van der Waals surface area contributed by atoms with Crippen molar-refractivity contribution in [1.29, 1.82) is 0 Å². The minimum Gasteiger partial charge on any atom is -0.369 e. The Balaban J connectivity index is 1.80. The molecule has 120 valence electrons. The van der Waals surface area contributed by atoms with Gasteiger partial charge in [-0.15, -0.1) is 0 Å². The Hall–Kier alpha value is -2.29. The lowest BCUT2D eigenvalue weighted by molar-refractivity contribution is 0.395. The molecule has 3 heteroatoms. The molecule has 0 radical (unpaired) electrons. The molecule has 2 aromatic rings. The maximum atomic E-state index is 4.34. The van der Waals surface area contributed by atoms with Gasteiger partial charge in [-0.3, -0.25) is 5.43 Å². The number of fused-ring (bicyclic) bond motifs is 1. The fraction of sp³-hybridized carbons (Fsp3) is 0.350. The van der Waals surface area contributed by atoms with E-state index in [2.05, 4.69) is 61.4 Å². The number of hydrogen-bond acceptors (Lipinski definition) is 3. The predicted molar refractivity (Wildman–Crippen MR) is 99.6 cm³/mol. The second kappa shape index (κ2) is 6.07. The smallest absolute Gasteiger partial charge is 0.0561 e. The summed E-state index contributed by atoms with van der Waals surface area (Å²) in [6, 6.07) is 16.6. The van der Waals surface area contributed by atoms with Crippen LogP contribution >= 0.6 is 0 Å². The van der Waals surface area contributed by atoms with Gasteiger partial charge in [-0.1, -0.05) is 31.2 Å². The zero-order valence-electron chi connectivity index (χ0n) is 14.4. The van der Waals surface area contributed by atoms with Crippen molar-refractivity contribution in [3.8, 4) is 0 Å². The third kappa shape index (κ3) is 3.24. The van der Waals surface area contributed by atoms with Crippen LogP contribution in [0.1, 0.15) is 44.2 Å². The lowest BCUT2D eigenvalue weighted by atomic mass is 9.80. The van der Waals surface area contributed by atoms with Gasteiger partial charge in [-0.25, -0.2) is 0 Å². The number of nitrogens with zero attached hydrogens (tertiary/aromatic N) is 2.